The van der Waals surface area contributed by atoms with Crippen LogP contribution in [0.15, 0.2) is 29.4 Å². The zero-order chi connectivity index (χ0) is 13.9. The third-order valence-electron chi connectivity index (χ3n) is 3.43. The van der Waals surface area contributed by atoms with E-state index in [-0.39, 0.29) is 5.25 Å². The van der Waals surface area contributed by atoms with Crippen molar-refractivity contribution in [3.63, 3.8) is 0 Å². The van der Waals surface area contributed by atoms with Crippen LogP contribution in [-0.2, 0) is 4.79 Å². The largest absolute Gasteiger partial charge is 0.298 e. The van der Waals surface area contributed by atoms with E-state index in [1.54, 1.807) is 4.68 Å². The summed E-state index contributed by atoms with van der Waals surface area (Å²) in [6.07, 6.45) is 3.72. The van der Waals surface area contributed by atoms with Crippen LogP contribution < -0.4 is 0 Å². The van der Waals surface area contributed by atoms with E-state index in [2.05, 4.69) is 15.5 Å². The van der Waals surface area contributed by atoms with Crippen molar-refractivity contribution in [3.8, 4) is 5.69 Å². The van der Waals surface area contributed by atoms with Crippen molar-refractivity contribution in [2.24, 2.45) is 0 Å². The van der Waals surface area contributed by atoms with Crippen molar-refractivity contribution in [3.05, 3.63) is 29.8 Å². The zero-order valence-electron chi connectivity index (χ0n) is 11.3. The van der Waals surface area contributed by atoms with Gasteiger partial charge in [-0.15, -0.1) is 5.10 Å². The lowest BCUT2D eigenvalue weighted by Crippen LogP contribution is -2.21. The smallest absolute Gasteiger partial charge is 0.214 e. The van der Waals surface area contributed by atoms with Gasteiger partial charge < -0.3 is 0 Å². The molecule has 1 aromatic heterocycles. The third-order valence-corrected chi connectivity index (χ3v) is 4.68. The van der Waals surface area contributed by atoms with E-state index in [4.69, 9.17) is 0 Å². The lowest BCUT2D eigenvalue weighted by atomic mass is 9.99. The fourth-order valence-corrected chi connectivity index (χ4v) is 3.49. The summed E-state index contributed by atoms with van der Waals surface area (Å²) in [6.45, 7) is 2.03. The van der Waals surface area contributed by atoms with E-state index in [1.807, 2.05) is 31.2 Å². The predicted molar refractivity (Wildman–Crippen MR) is 77.0 cm³/mol. The highest BCUT2D eigenvalue weighted by Gasteiger charge is 2.25. The minimum atomic E-state index is -0.00157. The van der Waals surface area contributed by atoms with Gasteiger partial charge in [0.2, 0.25) is 5.16 Å². The summed E-state index contributed by atoms with van der Waals surface area (Å²) in [5.74, 6) is 0.319. The van der Waals surface area contributed by atoms with Crippen molar-refractivity contribution >= 4 is 17.5 Å². The Labute approximate surface area is 121 Å². The molecule has 104 valence electrons. The number of Topliss-reactive ketones (excluding diaryl/α,β-unsaturated/α-hetero) is 1. The van der Waals surface area contributed by atoms with Gasteiger partial charge in [0.1, 0.15) is 5.78 Å². The van der Waals surface area contributed by atoms with Gasteiger partial charge in [0.05, 0.1) is 10.9 Å². The van der Waals surface area contributed by atoms with E-state index in [0.717, 1.165) is 30.5 Å². The summed E-state index contributed by atoms with van der Waals surface area (Å²) in [4.78, 5) is 11.9. The van der Waals surface area contributed by atoms with Gasteiger partial charge in [0.15, 0.2) is 0 Å². The number of nitrogens with zero attached hydrogens (tertiary/aromatic N) is 4. The Morgan fingerprint density at radius 2 is 2.25 bits per heavy atom. The fourth-order valence-electron chi connectivity index (χ4n) is 2.38. The van der Waals surface area contributed by atoms with E-state index < -0.39 is 0 Å². The van der Waals surface area contributed by atoms with Crippen LogP contribution in [0, 0.1) is 6.92 Å². The van der Waals surface area contributed by atoms with Crippen LogP contribution >= 0.6 is 11.8 Å². The minimum absolute atomic E-state index is 0.00157. The molecule has 0 amide bonds. The van der Waals surface area contributed by atoms with E-state index in [9.17, 15) is 4.79 Å². The maximum Gasteiger partial charge on any atom is 0.214 e. The van der Waals surface area contributed by atoms with Crippen LogP contribution in [0.1, 0.15) is 31.2 Å². The standard InChI is InChI=1S/C14H16N4OS/c1-10-5-4-6-11(9-10)18-14(15-16-17-18)20-13-8-3-2-7-12(13)19/h4-6,9,13H,2-3,7-8H2,1H3. The average molecular weight is 288 g/mol. The van der Waals surface area contributed by atoms with Crippen molar-refractivity contribution in [2.45, 2.75) is 43.0 Å². The van der Waals surface area contributed by atoms with Crippen LogP contribution in [0.2, 0.25) is 0 Å². The van der Waals surface area contributed by atoms with Gasteiger partial charge in [-0.1, -0.05) is 30.3 Å². The van der Waals surface area contributed by atoms with Crippen LogP contribution in [-0.4, -0.2) is 31.2 Å². The lowest BCUT2D eigenvalue weighted by Gasteiger charge is -2.18. The molecule has 0 N–H and O–H groups in total. The first-order valence-corrected chi connectivity index (χ1v) is 7.67. The Morgan fingerprint density at radius 1 is 1.35 bits per heavy atom. The molecule has 0 spiro atoms. The number of aryl methyl sites for hydroxylation is 1. The highest BCUT2D eigenvalue weighted by atomic mass is 32.2. The summed E-state index contributed by atoms with van der Waals surface area (Å²) in [5.41, 5.74) is 2.09. The van der Waals surface area contributed by atoms with Gasteiger partial charge in [0.25, 0.3) is 0 Å². The average Bonchev–Trinajstić information content (AvgIpc) is 2.90. The molecule has 1 aliphatic rings. The van der Waals surface area contributed by atoms with Gasteiger partial charge in [-0.25, -0.2) is 0 Å². The van der Waals surface area contributed by atoms with Crippen molar-refractivity contribution in [2.75, 3.05) is 0 Å². The van der Waals surface area contributed by atoms with Crippen molar-refractivity contribution < 1.29 is 4.79 Å². The SMILES string of the molecule is Cc1cccc(-n2nnnc2SC2CCCCC2=O)c1. The zero-order valence-corrected chi connectivity index (χ0v) is 12.1. The number of aromatic nitrogens is 4. The molecule has 1 aliphatic carbocycles. The molecule has 1 unspecified atom stereocenters. The van der Waals surface area contributed by atoms with Gasteiger partial charge in [0, 0.05) is 6.42 Å². The number of thioether (sulfide) groups is 1. The summed E-state index contributed by atoms with van der Waals surface area (Å²) >= 11 is 1.48. The summed E-state index contributed by atoms with van der Waals surface area (Å²) < 4.78 is 1.71. The molecule has 0 aliphatic heterocycles. The van der Waals surface area contributed by atoms with Gasteiger partial charge in [-0.05, 0) is 47.9 Å². The normalized spacial score (nSPS) is 19.2. The molecule has 6 heteroatoms. The maximum absolute atomic E-state index is 11.9. The van der Waals surface area contributed by atoms with Crippen LogP contribution in [0.3, 0.4) is 0 Å². The Morgan fingerprint density at radius 3 is 3.05 bits per heavy atom. The van der Waals surface area contributed by atoms with E-state index in [1.165, 1.54) is 11.8 Å². The predicted octanol–water partition coefficient (Wildman–Crippen LogP) is 2.57. The van der Waals surface area contributed by atoms with E-state index >= 15 is 0 Å². The van der Waals surface area contributed by atoms with Gasteiger partial charge in [-0.2, -0.15) is 4.68 Å². The Balaban J connectivity index is 1.85. The Kier molecular flexibility index (Phi) is 3.82. The summed E-state index contributed by atoms with van der Waals surface area (Å²) in [5, 5.41) is 12.5. The second kappa shape index (κ2) is 5.75. The molecule has 1 fully saturated rings. The first-order valence-electron chi connectivity index (χ1n) is 6.79. The van der Waals surface area contributed by atoms with Gasteiger partial charge in [-0.3, -0.25) is 4.79 Å². The molecule has 1 aromatic carbocycles. The van der Waals surface area contributed by atoms with Crippen molar-refractivity contribution in [1.82, 2.24) is 20.2 Å². The molecular formula is C14H16N4OS. The quantitative estimate of drug-likeness (QED) is 0.868. The molecular weight excluding hydrogens is 272 g/mol. The van der Waals surface area contributed by atoms with Crippen LogP contribution in [0.25, 0.3) is 5.69 Å². The third kappa shape index (κ3) is 2.75. The minimum Gasteiger partial charge on any atom is -0.298 e. The number of carbonyl (C=O) groups excluding carboxylic acids is 1. The highest BCUT2D eigenvalue weighted by Crippen LogP contribution is 2.31. The fraction of sp³-hybridized carbons (Fsp3) is 0.429. The number of benzene rings is 1. The molecule has 0 radical (unpaired) electrons. The van der Waals surface area contributed by atoms with Crippen molar-refractivity contribution in [1.29, 1.82) is 0 Å². The number of ketones is 1. The monoisotopic (exact) mass is 288 g/mol. The molecule has 1 saturated carbocycles. The first kappa shape index (κ1) is 13.3. The Hall–Kier alpha value is -1.69. The number of hydrogen-bond donors (Lipinski definition) is 0. The number of rotatable bonds is 3. The second-order valence-corrected chi connectivity index (χ2v) is 6.20. The first-order chi connectivity index (χ1) is 9.74. The van der Waals surface area contributed by atoms with Crippen LogP contribution in [0.4, 0.5) is 0 Å². The molecule has 20 heavy (non-hydrogen) atoms. The highest BCUT2D eigenvalue weighted by molar-refractivity contribution is 8.00. The molecule has 0 bridgehead atoms. The number of hydrogen-bond acceptors (Lipinski definition) is 5. The second-order valence-electron chi connectivity index (χ2n) is 5.03. The number of tetrazole rings is 1. The lowest BCUT2D eigenvalue weighted by molar-refractivity contribution is -0.119. The molecule has 5 nitrogen and oxygen atoms in total. The van der Waals surface area contributed by atoms with Crippen LogP contribution in [0.5, 0.6) is 0 Å². The number of carbonyl (C=O) groups is 1. The van der Waals surface area contributed by atoms with E-state index in [0.29, 0.717) is 17.4 Å². The van der Waals surface area contributed by atoms with Gasteiger partial charge >= 0.3 is 0 Å². The molecule has 1 atom stereocenters. The maximum atomic E-state index is 11.9. The molecule has 3 rings (SSSR count). The molecule has 1 heterocycles. The topological polar surface area (TPSA) is 60.7 Å². The summed E-state index contributed by atoms with van der Waals surface area (Å²) in [7, 11) is 0. The molecule has 2 aromatic rings. The summed E-state index contributed by atoms with van der Waals surface area (Å²) in [6, 6.07) is 8.01. The Bertz CT molecular complexity index is 625. The molecule has 0 saturated heterocycles.